The summed E-state index contributed by atoms with van der Waals surface area (Å²) in [5.74, 6) is 0.0995. The van der Waals surface area contributed by atoms with E-state index in [2.05, 4.69) is 19.9 Å². The first-order valence-electron chi connectivity index (χ1n) is 5.12. The molecule has 2 heterocycles. The second-order valence-electron chi connectivity index (χ2n) is 3.25. The summed E-state index contributed by atoms with van der Waals surface area (Å²) in [6, 6.07) is 4.69. The largest absolute Gasteiger partial charge is 1.00 e. The van der Waals surface area contributed by atoms with Crippen molar-refractivity contribution in [2.24, 2.45) is 0 Å². The molecule has 8 nitrogen and oxygen atoms in total. The third-order valence-electron chi connectivity index (χ3n) is 1.65. The summed E-state index contributed by atoms with van der Waals surface area (Å²) in [7, 11) is -3.33. The second kappa shape index (κ2) is 12.1. The Morgan fingerprint density at radius 1 is 1.09 bits per heavy atom. The van der Waals surface area contributed by atoms with E-state index >= 15 is 0 Å². The van der Waals surface area contributed by atoms with Gasteiger partial charge in [-0.15, -0.1) is 0 Å². The normalized spacial score (nSPS) is 8.87. The molecule has 2 rings (SSSR count). The monoisotopic (exact) mass is 380 g/mol. The fourth-order valence-corrected chi connectivity index (χ4v) is 1.73. The van der Waals surface area contributed by atoms with Crippen LogP contribution in [-0.4, -0.2) is 34.6 Å². The third kappa shape index (κ3) is 10.1. The number of nitriles is 1. The average Bonchev–Trinajstić information content (AvgIpc) is 2.49. The molecular weight excluding hydrogens is 374 g/mol. The molecule has 0 saturated carbocycles. The molecule has 0 saturated heterocycles. The number of hydrogen-bond acceptors (Lipinski definition) is 8. The van der Waals surface area contributed by atoms with E-state index in [0.29, 0.717) is 5.15 Å². The van der Waals surface area contributed by atoms with Crippen molar-refractivity contribution in [3.63, 3.8) is 0 Å². The third-order valence-corrected chi connectivity index (χ3v) is 2.93. The van der Waals surface area contributed by atoms with Crippen LogP contribution in [0, 0.1) is 23.2 Å². The first kappa shape index (κ1) is 23.9. The number of hydrogen-bond donors (Lipinski definition) is 0. The molecule has 0 fully saturated rings. The molecule has 2 aromatic rings. The van der Waals surface area contributed by atoms with Crippen LogP contribution in [0.5, 0.6) is 0 Å². The Morgan fingerprint density at radius 3 is 1.87 bits per heavy atom. The Hall–Kier alpha value is -1.33. The van der Waals surface area contributed by atoms with Crippen LogP contribution in [-0.2, 0) is 9.84 Å². The summed E-state index contributed by atoms with van der Waals surface area (Å²) in [4.78, 5) is 14.2. The van der Waals surface area contributed by atoms with Crippen LogP contribution in [0.25, 0.3) is 0 Å². The van der Waals surface area contributed by atoms with Gasteiger partial charge < -0.3 is 11.8 Å². The van der Waals surface area contributed by atoms with Crippen molar-refractivity contribution in [3.05, 3.63) is 47.2 Å². The van der Waals surface area contributed by atoms with Crippen molar-refractivity contribution in [1.82, 2.24) is 19.9 Å². The van der Waals surface area contributed by atoms with Crippen molar-refractivity contribution in [2.45, 2.75) is 5.16 Å². The van der Waals surface area contributed by atoms with E-state index in [1.807, 2.05) is 0 Å². The summed E-state index contributed by atoms with van der Waals surface area (Å²) < 4.78 is 21.6. The molecule has 12 heteroatoms. The van der Waals surface area contributed by atoms with Gasteiger partial charge in [0.15, 0.2) is 0 Å². The van der Waals surface area contributed by atoms with E-state index in [-0.39, 0.29) is 45.7 Å². The summed E-state index contributed by atoms with van der Waals surface area (Å²) in [6.45, 7) is 4.75. The number of sulfone groups is 1. The number of rotatable bonds is 1. The van der Waals surface area contributed by atoms with Crippen molar-refractivity contribution in [1.29, 1.82) is 10.5 Å². The van der Waals surface area contributed by atoms with E-state index in [1.54, 1.807) is 6.07 Å². The van der Waals surface area contributed by atoms with Gasteiger partial charge in [0.2, 0.25) is 20.8 Å². The standard InChI is InChI=1S/C5H2ClN3.C5H5ClN2O2S.CN.Na/c6-4-1-2-8-5(3-7)9-4;1-11(9,10)5-7-3-2-4(6)8-5;1-2;/h1-2H;2-3H,1H3;;/q;;-1;+1. The molecule has 0 amide bonds. The van der Waals surface area contributed by atoms with Gasteiger partial charge in [-0.05, 0) is 12.1 Å². The average molecular weight is 381 g/mol. The molecule has 114 valence electrons. The molecule has 0 spiro atoms. The first-order chi connectivity index (χ1) is 10.3. The van der Waals surface area contributed by atoms with Crippen molar-refractivity contribution in [3.8, 4) is 6.07 Å². The molecule has 23 heavy (non-hydrogen) atoms. The van der Waals surface area contributed by atoms with Gasteiger partial charge in [-0.1, -0.05) is 23.2 Å². The Kier molecular flexibility index (Phi) is 12.6. The molecule has 0 aromatic carbocycles. The van der Waals surface area contributed by atoms with Crippen molar-refractivity contribution < 1.29 is 38.0 Å². The zero-order valence-corrected chi connectivity index (χ0v) is 16.3. The Labute approximate surface area is 165 Å². The molecule has 2 aromatic heterocycles. The van der Waals surface area contributed by atoms with Gasteiger partial charge in [-0.25, -0.2) is 28.4 Å². The van der Waals surface area contributed by atoms with Crippen molar-refractivity contribution >= 4 is 33.0 Å². The summed E-state index contributed by atoms with van der Waals surface area (Å²) in [5.41, 5.74) is 0. The van der Waals surface area contributed by atoms with E-state index in [1.165, 1.54) is 24.5 Å². The second-order valence-corrected chi connectivity index (χ2v) is 5.93. The van der Waals surface area contributed by atoms with Crippen molar-refractivity contribution in [2.75, 3.05) is 6.26 Å². The van der Waals surface area contributed by atoms with E-state index in [9.17, 15) is 8.42 Å². The molecule has 0 aliphatic heterocycles. The van der Waals surface area contributed by atoms with Gasteiger partial charge >= 0.3 is 29.6 Å². The van der Waals surface area contributed by atoms with Gasteiger partial charge in [-0.2, -0.15) is 5.26 Å². The maximum atomic E-state index is 10.8. The predicted octanol–water partition coefficient (Wildman–Crippen LogP) is -1.36. The zero-order valence-electron chi connectivity index (χ0n) is 12.0. The Bertz CT molecular complexity index is 794. The molecular formula is C11H7Cl2N6NaO2S. The summed E-state index contributed by atoms with van der Waals surface area (Å²) in [5, 5.41) is 14.7. The smallest absolute Gasteiger partial charge is 0.512 e. The number of nitrogens with zero attached hydrogens (tertiary/aromatic N) is 6. The fourth-order valence-electron chi connectivity index (χ4n) is 0.889. The van der Waals surface area contributed by atoms with Gasteiger partial charge in [0.25, 0.3) is 0 Å². The molecule has 0 unspecified atom stereocenters. The topological polar surface area (TPSA) is 133 Å². The van der Waals surface area contributed by atoms with Gasteiger partial charge in [-0.3, -0.25) is 0 Å². The Balaban J connectivity index is 0. The van der Waals surface area contributed by atoms with Crippen LogP contribution in [0.15, 0.2) is 29.7 Å². The van der Waals surface area contributed by atoms with Crippen LogP contribution in [0.4, 0.5) is 0 Å². The molecule has 0 radical (unpaired) electrons. The summed E-state index contributed by atoms with van der Waals surface area (Å²) >= 11 is 10.9. The molecule has 0 bridgehead atoms. The summed E-state index contributed by atoms with van der Waals surface area (Å²) in [6.07, 6.45) is 3.76. The van der Waals surface area contributed by atoms with Crippen LogP contribution in [0.2, 0.25) is 10.3 Å². The fraction of sp³-hybridized carbons (Fsp3) is 0.0909. The first-order valence-corrected chi connectivity index (χ1v) is 7.77. The maximum Gasteiger partial charge on any atom is 1.00 e. The van der Waals surface area contributed by atoms with Gasteiger partial charge in [0.1, 0.15) is 16.4 Å². The molecule has 0 N–H and O–H groups in total. The SMILES string of the molecule is CS(=O)(=O)c1nccc(Cl)n1.N#Cc1nccc(Cl)n1.[C-]#N.[Na+]. The minimum atomic E-state index is -3.33. The minimum absolute atomic E-state index is 0. The van der Waals surface area contributed by atoms with Crippen LogP contribution >= 0.6 is 23.2 Å². The molecule has 0 atom stereocenters. The molecule has 0 aliphatic carbocycles. The van der Waals surface area contributed by atoms with E-state index in [4.69, 9.17) is 40.3 Å². The maximum absolute atomic E-state index is 10.8. The molecule has 0 aliphatic rings. The number of aromatic nitrogens is 4. The van der Waals surface area contributed by atoms with Gasteiger partial charge in [0, 0.05) is 18.6 Å². The Morgan fingerprint density at radius 2 is 1.57 bits per heavy atom. The van der Waals surface area contributed by atoms with Crippen LogP contribution in [0.3, 0.4) is 0 Å². The zero-order chi connectivity index (χ0) is 17.2. The van der Waals surface area contributed by atoms with Gasteiger partial charge in [0.05, 0.1) is 0 Å². The number of halogens is 2. The van der Waals surface area contributed by atoms with Crippen LogP contribution < -0.4 is 29.6 Å². The minimum Gasteiger partial charge on any atom is -0.512 e. The quantitative estimate of drug-likeness (QED) is 0.256. The van der Waals surface area contributed by atoms with Crippen LogP contribution in [0.1, 0.15) is 5.82 Å². The van der Waals surface area contributed by atoms with E-state index < -0.39 is 9.84 Å². The predicted molar refractivity (Wildman–Crippen MR) is 76.9 cm³/mol. The van der Waals surface area contributed by atoms with E-state index in [0.717, 1.165) is 6.26 Å².